The first-order valence-electron chi connectivity index (χ1n) is 13.1. The maximum Gasteiger partial charge on any atom is 0.326 e. The van der Waals surface area contributed by atoms with Gasteiger partial charge in [-0.2, -0.15) is 0 Å². The largest absolute Gasteiger partial charge is 0.480 e. The predicted molar refractivity (Wildman–Crippen MR) is 148 cm³/mol. The Hall–Kier alpha value is -3.46. The molecular weight excluding hydrogens is 484 g/mol. The lowest BCUT2D eigenvalue weighted by Crippen LogP contribution is -2.62. The van der Waals surface area contributed by atoms with Crippen molar-refractivity contribution in [2.75, 3.05) is 0 Å². The average molecular weight is 527 g/mol. The molecule has 6 N–H and O–H groups in total. The Morgan fingerprint density at radius 3 is 2.18 bits per heavy atom. The maximum atomic E-state index is 13.3. The molecular formula is C29H42N4O5. The highest BCUT2D eigenvalue weighted by atomic mass is 16.4. The van der Waals surface area contributed by atoms with Crippen LogP contribution < -0.4 is 21.7 Å². The number of carboxylic acid groups (broad SMARTS) is 1. The van der Waals surface area contributed by atoms with E-state index in [0.29, 0.717) is 12.8 Å². The zero-order valence-electron chi connectivity index (χ0n) is 23.2. The number of benzene rings is 2. The van der Waals surface area contributed by atoms with Crippen molar-refractivity contribution in [3.8, 4) is 0 Å². The Morgan fingerprint density at radius 1 is 0.947 bits per heavy atom. The first-order chi connectivity index (χ1) is 17.8. The summed E-state index contributed by atoms with van der Waals surface area (Å²) in [6, 6.07) is 10.8. The van der Waals surface area contributed by atoms with Crippen LogP contribution >= 0.6 is 0 Å². The van der Waals surface area contributed by atoms with Gasteiger partial charge in [-0.3, -0.25) is 14.4 Å². The molecule has 208 valence electrons. The Bertz CT molecular complexity index is 1140. The van der Waals surface area contributed by atoms with E-state index in [4.69, 9.17) is 5.73 Å². The van der Waals surface area contributed by atoms with Crippen molar-refractivity contribution < 1.29 is 24.3 Å². The van der Waals surface area contributed by atoms with E-state index in [1.165, 1.54) is 13.8 Å². The number of carbonyl (C=O) groups is 4. The van der Waals surface area contributed by atoms with Crippen molar-refractivity contribution in [3.05, 3.63) is 48.0 Å². The number of carbonyl (C=O) groups excluding carboxylic acids is 3. The molecule has 4 atom stereocenters. The number of nitrogens with one attached hydrogen (secondary N) is 3. The molecule has 0 aliphatic rings. The molecule has 3 amide bonds. The summed E-state index contributed by atoms with van der Waals surface area (Å²) in [5, 5.41) is 19.5. The maximum absolute atomic E-state index is 13.3. The molecule has 0 radical (unpaired) electrons. The van der Waals surface area contributed by atoms with Gasteiger partial charge >= 0.3 is 5.97 Å². The van der Waals surface area contributed by atoms with E-state index < -0.39 is 47.4 Å². The van der Waals surface area contributed by atoms with Crippen molar-refractivity contribution in [1.29, 1.82) is 0 Å². The monoisotopic (exact) mass is 526 g/mol. The summed E-state index contributed by atoms with van der Waals surface area (Å²) in [6.07, 6.45) is 1.15. The minimum Gasteiger partial charge on any atom is -0.480 e. The minimum atomic E-state index is -1.41. The molecule has 0 aromatic heterocycles. The van der Waals surface area contributed by atoms with Crippen molar-refractivity contribution in [2.45, 2.75) is 84.5 Å². The van der Waals surface area contributed by atoms with Gasteiger partial charge in [-0.25, -0.2) is 4.79 Å². The summed E-state index contributed by atoms with van der Waals surface area (Å²) in [7, 11) is 0. The Labute approximate surface area is 224 Å². The quantitative estimate of drug-likeness (QED) is 0.271. The number of nitrogens with two attached hydrogens (primary N) is 1. The summed E-state index contributed by atoms with van der Waals surface area (Å²) < 4.78 is 0. The summed E-state index contributed by atoms with van der Waals surface area (Å²) in [5.74, 6) is -2.96. The van der Waals surface area contributed by atoms with Crippen LogP contribution in [0.5, 0.6) is 0 Å². The van der Waals surface area contributed by atoms with Gasteiger partial charge in [0, 0.05) is 0 Å². The van der Waals surface area contributed by atoms with Crippen molar-refractivity contribution in [1.82, 2.24) is 16.0 Å². The topological polar surface area (TPSA) is 151 Å². The number of rotatable bonds is 13. The second-order valence-electron chi connectivity index (χ2n) is 10.9. The van der Waals surface area contributed by atoms with Crippen LogP contribution in [-0.4, -0.2) is 52.5 Å². The number of carboxylic acids is 1. The fraction of sp³-hybridized carbons (Fsp3) is 0.517. The van der Waals surface area contributed by atoms with E-state index in [2.05, 4.69) is 16.0 Å². The molecule has 0 saturated carbocycles. The molecule has 0 spiro atoms. The molecule has 0 heterocycles. The van der Waals surface area contributed by atoms with Gasteiger partial charge in [-0.05, 0) is 54.9 Å². The van der Waals surface area contributed by atoms with Crippen molar-refractivity contribution in [3.63, 3.8) is 0 Å². The highest BCUT2D eigenvalue weighted by Crippen LogP contribution is 2.20. The van der Waals surface area contributed by atoms with Crippen LogP contribution in [0.1, 0.15) is 59.9 Å². The summed E-state index contributed by atoms with van der Waals surface area (Å²) in [6.45, 7) is 10.4. The zero-order valence-corrected chi connectivity index (χ0v) is 23.2. The third-order valence-corrected chi connectivity index (χ3v) is 6.76. The lowest BCUT2D eigenvalue weighted by Gasteiger charge is -2.31. The molecule has 2 aromatic carbocycles. The average Bonchev–Trinajstić information content (AvgIpc) is 2.85. The van der Waals surface area contributed by atoms with E-state index in [9.17, 15) is 24.3 Å². The van der Waals surface area contributed by atoms with Crippen LogP contribution in [0.2, 0.25) is 0 Å². The van der Waals surface area contributed by atoms with Gasteiger partial charge in [0.2, 0.25) is 17.7 Å². The van der Waals surface area contributed by atoms with Gasteiger partial charge in [-0.15, -0.1) is 0 Å². The fourth-order valence-electron chi connectivity index (χ4n) is 4.24. The number of amides is 3. The smallest absolute Gasteiger partial charge is 0.326 e. The van der Waals surface area contributed by atoms with E-state index in [1.54, 1.807) is 0 Å². The third-order valence-electron chi connectivity index (χ3n) is 6.76. The standard InChI is InChI=1S/C29H42N4O5/c1-7-18(4)24(26(35)33-29(5,6)28(38)31-23(27(36)37)15-17(2)3)32-25(34)22(30)16-20-13-10-12-19-11-8-9-14-21(19)20/h8-14,17-18,22-24H,7,15-16,30H2,1-6H3,(H,31,38)(H,32,34)(H,33,35)(H,36,37)/t18-,22-,23-,24-/m0/s1. The Balaban J connectivity index is 2.12. The second-order valence-corrected chi connectivity index (χ2v) is 10.9. The normalized spacial score (nSPS) is 14.8. The lowest BCUT2D eigenvalue weighted by molar-refractivity contribution is -0.143. The molecule has 2 rings (SSSR count). The SMILES string of the molecule is CC[C@H](C)[C@H](NC(=O)[C@@H](N)Cc1cccc2ccccc12)C(=O)NC(C)(C)C(=O)N[C@@H](CC(C)C)C(=O)O. The van der Waals surface area contributed by atoms with E-state index in [1.807, 2.05) is 70.2 Å². The van der Waals surface area contributed by atoms with Gasteiger partial charge in [0.1, 0.15) is 17.6 Å². The minimum absolute atomic E-state index is 0.0529. The molecule has 9 heteroatoms. The molecule has 0 bridgehead atoms. The number of fused-ring (bicyclic) bond motifs is 1. The van der Waals surface area contributed by atoms with Crippen LogP contribution in [0.3, 0.4) is 0 Å². The molecule has 38 heavy (non-hydrogen) atoms. The molecule has 0 unspecified atom stereocenters. The van der Waals surface area contributed by atoms with Crippen molar-refractivity contribution >= 4 is 34.5 Å². The van der Waals surface area contributed by atoms with E-state index in [-0.39, 0.29) is 18.3 Å². The molecule has 9 nitrogen and oxygen atoms in total. The van der Waals surface area contributed by atoms with Gasteiger partial charge < -0.3 is 26.8 Å². The number of hydrogen-bond donors (Lipinski definition) is 5. The second kappa shape index (κ2) is 13.4. The number of aliphatic carboxylic acids is 1. The predicted octanol–water partition coefficient (Wildman–Crippen LogP) is 2.75. The van der Waals surface area contributed by atoms with Gasteiger partial charge in [0.15, 0.2) is 0 Å². The Morgan fingerprint density at radius 2 is 1.58 bits per heavy atom. The molecule has 0 fully saturated rings. The van der Waals surface area contributed by atoms with Gasteiger partial charge in [-0.1, -0.05) is 76.6 Å². The Kier molecular flexibility index (Phi) is 10.8. The molecule has 2 aromatic rings. The zero-order chi connectivity index (χ0) is 28.6. The fourth-order valence-corrected chi connectivity index (χ4v) is 4.24. The summed E-state index contributed by atoms with van der Waals surface area (Å²) in [4.78, 5) is 50.9. The lowest BCUT2D eigenvalue weighted by atomic mass is 9.94. The highest BCUT2D eigenvalue weighted by molar-refractivity contribution is 5.96. The van der Waals surface area contributed by atoms with Crippen LogP contribution in [0.15, 0.2) is 42.5 Å². The van der Waals surface area contributed by atoms with Crippen molar-refractivity contribution in [2.24, 2.45) is 17.6 Å². The van der Waals surface area contributed by atoms with Crippen LogP contribution in [-0.2, 0) is 25.6 Å². The summed E-state index contributed by atoms with van der Waals surface area (Å²) >= 11 is 0. The first kappa shape index (κ1) is 30.8. The first-order valence-corrected chi connectivity index (χ1v) is 13.1. The molecule has 0 aliphatic heterocycles. The van der Waals surface area contributed by atoms with Gasteiger partial charge in [0.05, 0.1) is 6.04 Å². The highest BCUT2D eigenvalue weighted by Gasteiger charge is 2.36. The van der Waals surface area contributed by atoms with E-state index in [0.717, 1.165) is 16.3 Å². The van der Waals surface area contributed by atoms with Crippen LogP contribution in [0, 0.1) is 11.8 Å². The van der Waals surface area contributed by atoms with Crippen LogP contribution in [0.4, 0.5) is 0 Å². The van der Waals surface area contributed by atoms with Gasteiger partial charge in [0.25, 0.3) is 0 Å². The summed E-state index contributed by atoms with van der Waals surface area (Å²) in [5.41, 5.74) is 5.78. The molecule has 0 aliphatic carbocycles. The van der Waals surface area contributed by atoms with Crippen LogP contribution in [0.25, 0.3) is 10.8 Å². The number of hydrogen-bond acceptors (Lipinski definition) is 5. The third kappa shape index (κ3) is 8.28. The van der Waals surface area contributed by atoms with E-state index >= 15 is 0 Å². The molecule has 0 saturated heterocycles.